The van der Waals surface area contributed by atoms with Gasteiger partial charge >= 0.3 is 5.97 Å². The second-order valence-electron chi connectivity index (χ2n) is 7.14. The van der Waals surface area contributed by atoms with Crippen LogP contribution in [-0.2, 0) is 14.6 Å². The standard InChI is InChI=1S/C22H22N2O4S/c1-16-8-10-17(11-9-16)29(26,27)18-14-24(15-18)20-7-5-6-19(22(25)28-2)21(20)23-12-3-4-13-23/h3-13,18H,14-15H2,1-2H3. The molecule has 0 spiro atoms. The maximum atomic E-state index is 12.9. The van der Waals surface area contributed by atoms with E-state index in [-0.39, 0.29) is 0 Å². The van der Waals surface area contributed by atoms with Gasteiger partial charge in [-0.15, -0.1) is 0 Å². The molecule has 1 aromatic heterocycles. The van der Waals surface area contributed by atoms with Crippen LogP contribution in [0.4, 0.5) is 5.69 Å². The summed E-state index contributed by atoms with van der Waals surface area (Å²) in [7, 11) is -2.05. The molecule has 4 rings (SSSR count). The molecule has 1 fully saturated rings. The van der Waals surface area contributed by atoms with Gasteiger partial charge in [0.05, 0.1) is 28.9 Å². The van der Waals surface area contributed by atoms with Gasteiger partial charge in [0.15, 0.2) is 9.84 Å². The topological polar surface area (TPSA) is 68.6 Å². The first kappa shape index (κ1) is 19.3. The molecule has 29 heavy (non-hydrogen) atoms. The van der Waals surface area contributed by atoms with Crippen LogP contribution >= 0.6 is 0 Å². The predicted molar refractivity (Wildman–Crippen MR) is 111 cm³/mol. The summed E-state index contributed by atoms with van der Waals surface area (Å²) in [4.78, 5) is 14.6. The number of hydrogen-bond acceptors (Lipinski definition) is 5. The van der Waals surface area contributed by atoms with Crippen molar-refractivity contribution in [2.45, 2.75) is 17.1 Å². The van der Waals surface area contributed by atoms with E-state index in [0.717, 1.165) is 11.3 Å². The highest BCUT2D eigenvalue weighted by molar-refractivity contribution is 7.92. The second kappa shape index (κ2) is 7.40. The third-order valence-electron chi connectivity index (χ3n) is 5.26. The summed E-state index contributed by atoms with van der Waals surface area (Å²) >= 11 is 0. The second-order valence-corrected chi connectivity index (χ2v) is 9.37. The number of anilines is 1. The van der Waals surface area contributed by atoms with E-state index in [4.69, 9.17) is 4.74 Å². The summed E-state index contributed by atoms with van der Waals surface area (Å²) in [6.45, 7) is 2.67. The van der Waals surface area contributed by atoms with Crippen LogP contribution in [0.1, 0.15) is 15.9 Å². The Kier molecular flexibility index (Phi) is 4.92. The summed E-state index contributed by atoms with van der Waals surface area (Å²) in [5.41, 5.74) is 2.95. The Morgan fingerprint density at radius 3 is 2.28 bits per heavy atom. The molecule has 150 valence electrons. The van der Waals surface area contributed by atoms with Gasteiger partial charge in [0.2, 0.25) is 0 Å². The molecule has 2 heterocycles. The van der Waals surface area contributed by atoms with E-state index in [9.17, 15) is 13.2 Å². The molecule has 0 aliphatic carbocycles. The lowest BCUT2D eigenvalue weighted by atomic mass is 10.1. The van der Waals surface area contributed by atoms with Crippen LogP contribution in [0.3, 0.4) is 0 Å². The summed E-state index contributed by atoms with van der Waals surface area (Å²) < 4.78 is 32.7. The summed E-state index contributed by atoms with van der Waals surface area (Å²) in [6.07, 6.45) is 3.71. The fraction of sp³-hybridized carbons (Fsp3) is 0.227. The van der Waals surface area contributed by atoms with E-state index in [1.807, 2.05) is 59.1 Å². The van der Waals surface area contributed by atoms with E-state index in [1.54, 1.807) is 24.3 Å². The summed E-state index contributed by atoms with van der Waals surface area (Å²) in [5, 5.41) is -0.482. The number of aromatic nitrogens is 1. The summed E-state index contributed by atoms with van der Waals surface area (Å²) in [5.74, 6) is -0.431. The normalized spacial score (nSPS) is 14.5. The van der Waals surface area contributed by atoms with Gasteiger partial charge in [-0.2, -0.15) is 0 Å². The van der Waals surface area contributed by atoms with Crippen LogP contribution < -0.4 is 4.90 Å². The number of nitrogens with zero attached hydrogens (tertiary/aromatic N) is 2. The van der Waals surface area contributed by atoms with Crippen LogP contribution in [0.2, 0.25) is 0 Å². The lowest BCUT2D eigenvalue weighted by molar-refractivity contribution is 0.0600. The molecular weight excluding hydrogens is 388 g/mol. The van der Waals surface area contributed by atoms with Crippen molar-refractivity contribution in [3.05, 3.63) is 78.1 Å². The zero-order valence-electron chi connectivity index (χ0n) is 16.3. The van der Waals surface area contributed by atoms with Crippen LogP contribution in [0.15, 0.2) is 71.9 Å². The Bertz CT molecular complexity index is 1130. The zero-order valence-corrected chi connectivity index (χ0v) is 17.1. The fourth-order valence-electron chi connectivity index (χ4n) is 3.57. The molecule has 1 saturated heterocycles. The minimum Gasteiger partial charge on any atom is -0.465 e. The number of aryl methyl sites for hydroxylation is 1. The Morgan fingerprint density at radius 2 is 1.66 bits per heavy atom. The number of methoxy groups -OCH3 is 1. The molecule has 6 nitrogen and oxygen atoms in total. The smallest absolute Gasteiger partial charge is 0.340 e. The van der Waals surface area contributed by atoms with Crippen LogP contribution in [0, 0.1) is 6.92 Å². The van der Waals surface area contributed by atoms with E-state index < -0.39 is 21.1 Å². The predicted octanol–water partition coefficient (Wildman–Crippen LogP) is 3.23. The minimum atomic E-state index is -3.40. The first-order valence-corrected chi connectivity index (χ1v) is 10.9. The van der Waals surface area contributed by atoms with Crippen molar-refractivity contribution < 1.29 is 17.9 Å². The van der Waals surface area contributed by atoms with Crippen molar-refractivity contribution in [2.75, 3.05) is 25.1 Å². The van der Waals surface area contributed by atoms with Gasteiger partial charge in [-0.05, 0) is 43.3 Å². The maximum absolute atomic E-state index is 12.9. The lowest BCUT2D eigenvalue weighted by Gasteiger charge is -2.41. The Morgan fingerprint density at radius 1 is 1.00 bits per heavy atom. The van der Waals surface area contributed by atoms with Gasteiger partial charge in [-0.25, -0.2) is 13.2 Å². The van der Waals surface area contributed by atoms with Crippen molar-refractivity contribution in [1.29, 1.82) is 0 Å². The van der Waals surface area contributed by atoms with Gasteiger partial charge in [-0.3, -0.25) is 0 Å². The van der Waals surface area contributed by atoms with Crippen molar-refractivity contribution >= 4 is 21.5 Å². The molecule has 3 aromatic rings. The zero-order chi connectivity index (χ0) is 20.6. The number of esters is 1. The average Bonchev–Trinajstić information content (AvgIpc) is 3.20. The number of hydrogen-bond donors (Lipinski definition) is 0. The van der Waals surface area contributed by atoms with Crippen molar-refractivity contribution in [3.8, 4) is 5.69 Å². The Balaban J connectivity index is 1.65. The monoisotopic (exact) mass is 410 g/mol. The van der Waals surface area contributed by atoms with Crippen LogP contribution in [0.25, 0.3) is 5.69 Å². The Labute approximate surface area is 170 Å². The molecule has 0 radical (unpaired) electrons. The van der Waals surface area contributed by atoms with Crippen LogP contribution in [0.5, 0.6) is 0 Å². The van der Waals surface area contributed by atoms with Crippen molar-refractivity contribution in [1.82, 2.24) is 4.57 Å². The highest BCUT2D eigenvalue weighted by Crippen LogP contribution is 2.34. The largest absolute Gasteiger partial charge is 0.465 e. The highest BCUT2D eigenvalue weighted by atomic mass is 32.2. The number of carbonyl (C=O) groups excluding carboxylic acids is 1. The number of ether oxygens (including phenoxy) is 1. The molecular formula is C22H22N2O4S. The van der Waals surface area contributed by atoms with Gasteiger partial charge in [-0.1, -0.05) is 23.8 Å². The van der Waals surface area contributed by atoms with Gasteiger partial charge in [0.25, 0.3) is 0 Å². The SMILES string of the molecule is COC(=O)c1cccc(N2CC(S(=O)(=O)c3ccc(C)cc3)C2)c1-n1cccc1. The van der Waals surface area contributed by atoms with Crippen molar-refractivity contribution in [2.24, 2.45) is 0 Å². The molecule has 0 amide bonds. The number of benzene rings is 2. The number of rotatable bonds is 5. The van der Waals surface area contributed by atoms with E-state index >= 15 is 0 Å². The number of sulfone groups is 1. The molecule has 0 bridgehead atoms. The molecule has 0 atom stereocenters. The molecule has 2 aromatic carbocycles. The van der Waals surface area contributed by atoms with Gasteiger partial charge in [0, 0.05) is 25.5 Å². The van der Waals surface area contributed by atoms with Crippen LogP contribution in [-0.4, -0.2) is 44.4 Å². The minimum absolute atomic E-state index is 0.349. The average molecular weight is 410 g/mol. The quantitative estimate of drug-likeness (QED) is 0.604. The molecule has 0 N–H and O–H groups in total. The first-order chi connectivity index (χ1) is 13.9. The van der Waals surface area contributed by atoms with E-state index in [2.05, 4.69) is 0 Å². The first-order valence-electron chi connectivity index (χ1n) is 9.32. The third-order valence-corrected chi connectivity index (χ3v) is 7.36. The highest BCUT2D eigenvalue weighted by Gasteiger charge is 2.39. The number of carbonyl (C=O) groups is 1. The molecule has 7 heteroatoms. The summed E-state index contributed by atoms with van der Waals surface area (Å²) in [6, 6.07) is 16.1. The molecule has 1 aliphatic heterocycles. The Hall–Kier alpha value is -3.06. The van der Waals surface area contributed by atoms with Gasteiger partial charge in [0.1, 0.15) is 5.25 Å². The van der Waals surface area contributed by atoms with E-state index in [1.165, 1.54) is 7.11 Å². The lowest BCUT2D eigenvalue weighted by Crippen LogP contribution is -2.55. The maximum Gasteiger partial charge on any atom is 0.340 e. The number of para-hydroxylation sites is 1. The molecule has 1 aliphatic rings. The third kappa shape index (κ3) is 3.42. The van der Waals surface area contributed by atoms with Gasteiger partial charge < -0.3 is 14.2 Å². The van der Waals surface area contributed by atoms with Crippen molar-refractivity contribution in [3.63, 3.8) is 0 Å². The fourth-order valence-corrected chi connectivity index (χ4v) is 5.22. The van der Waals surface area contributed by atoms with E-state index in [0.29, 0.717) is 29.2 Å². The molecule has 0 saturated carbocycles. The molecule has 0 unspecified atom stereocenters.